The number of carbonyl (C=O) groups excluding carboxylic acids is 1. The maximum atomic E-state index is 12.2. The van der Waals surface area contributed by atoms with E-state index in [1.807, 2.05) is 6.92 Å². The number of hydrogen-bond acceptors (Lipinski definition) is 4. The van der Waals surface area contributed by atoms with E-state index in [1.54, 1.807) is 32.2 Å². The number of amides is 1. The molecule has 1 amide bonds. The summed E-state index contributed by atoms with van der Waals surface area (Å²) in [5.74, 6) is -0.0633. The Kier molecular flexibility index (Phi) is 5.51. The Hall–Kier alpha value is -2.47. The summed E-state index contributed by atoms with van der Waals surface area (Å²) in [7, 11) is 1.59. The summed E-state index contributed by atoms with van der Waals surface area (Å²) in [5, 5.41) is 9.58. The van der Waals surface area contributed by atoms with Crippen LogP contribution in [0.5, 0.6) is 5.75 Å². The highest BCUT2D eigenvalue weighted by molar-refractivity contribution is 6.31. The topological polar surface area (TPSA) is 80.0 Å². The fraction of sp³-hybridized carbons (Fsp3) is 0.294. The molecule has 1 N–H and O–H groups in total. The molecule has 0 aliphatic rings. The number of nitrogens with zero attached hydrogens (tertiary/aromatic N) is 1. The smallest absolute Gasteiger partial charge is 0.339 e. The molecule has 128 valence electrons. The summed E-state index contributed by atoms with van der Waals surface area (Å²) in [5.41, 5.74) is 0.860. The Morgan fingerprint density at radius 1 is 1.33 bits per heavy atom. The highest BCUT2D eigenvalue weighted by atomic mass is 35.5. The molecule has 0 unspecified atom stereocenters. The van der Waals surface area contributed by atoms with Crippen molar-refractivity contribution >= 4 is 23.5 Å². The molecule has 0 aliphatic heterocycles. The molecule has 2 aromatic rings. The van der Waals surface area contributed by atoms with Crippen LogP contribution >= 0.6 is 11.6 Å². The Labute approximate surface area is 144 Å². The van der Waals surface area contributed by atoms with Crippen LogP contribution in [0.4, 0.5) is 0 Å². The van der Waals surface area contributed by atoms with Gasteiger partial charge in [0.15, 0.2) is 6.61 Å². The van der Waals surface area contributed by atoms with Crippen LogP contribution in [0.25, 0.3) is 0 Å². The number of carboxylic acid groups (broad SMARTS) is 1. The molecule has 0 bridgehead atoms. The second kappa shape index (κ2) is 7.40. The van der Waals surface area contributed by atoms with Crippen LogP contribution in [0, 0.1) is 13.8 Å². The highest BCUT2D eigenvalue weighted by Crippen LogP contribution is 2.25. The molecule has 1 heterocycles. The summed E-state index contributed by atoms with van der Waals surface area (Å²) >= 11 is 6.01. The number of halogens is 1. The van der Waals surface area contributed by atoms with Gasteiger partial charge in [0, 0.05) is 17.6 Å². The first-order valence-electron chi connectivity index (χ1n) is 7.24. The van der Waals surface area contributed by atoms with Crippen LogP contribution in [-0.2, 0) is 11.3 Å². The largest absolute Gasteiger partial charge is 0.483 e. The molecule has 0 aliphatic carbocycles. The number of likely N-dealkylation sites (N-methyl/N-ethyl adjacent to an activating group) is 1. The van der Waals surface area contributed by atoms with Crippen molar-refractivity contribution in [3.05, 3.63) is 51.9 Å². The number of ether oxygens (including phenoxy) is 1. The second-order valence-electron chi connectivity index (χ2n) is 5.39. The van der Waals surface area contributed by atoms with Gasteiger partial charge in [-0.05, 0) is 32.0 Å². The van der Waals surface area contributed by atoms with Gasteiger partial charge in [-0.1, -0.05) is 17.7 Å². The number of carboxylic acids is 1. The normalized spacial score (nSPS) is 10.5. The molecular formula is C17H18ClNO5. The number of aromatic carboxylic acids is 1. The van der Waals surface area contributed by atoms with Gasteiger partial charge in [-0.3, -0.25) is 4.79 Å². The summed E-state index contributed by atoms with van der Waals surface area (Å²) in [6.45, 7) is 3.39. The molecule has 0 saturated heterocycles. The van der Waals surface area contributed by atoms with E-state index in [1.165, 1.54) is 11.0 Å². The zero-order valence-electron chi connectivity index (χ0n) is 13.6. The maximum Gasteiger partial charge on any atom is 0.339 e. The summed E-state index contributed by atoms with van der Waals surface area (Å²) in [4.78, 5) is 24.6. The van der Waals surface area contributed by atoms with Gasteiger partial charge in [0.25, 0.3) is 5.91 Å². The monoisotopic (exact) mass is 351 g/mol. The minimum Gasteiger partial charge on any atom is -0.483 e. The molecule has 1 aromatic heterocycles. The first-order chi connectivity index (χ1) is 11.3. The zero-order valence-corrected chi connectivity index (χ0v) is 14.4. The fourth-order valence-corrected chi connectivity index (χ4v) is 2.32. The third kappa shape index (κ3) is 4.08. The predicted molar refractivity (Wildman–Crippen MR) is 88.6 cm³/mol. The lowest BCUT2D eigenvalue weighted by atomic mass is 10.2. The first kappa shape index (κ1) is 17.9. The standard InChI is InChI=1S/C17H18ClNO5/c1-10-14(18)5-4-6-15(10)23-9-16(20)19(3)8-12-7-13(17(21)22)11(2)24-12/h4-7H,8-9H2,1-3H3,(H,21,22). The maximum absolute atomic E-state index is 12.2. The van der Waals surface area contributed by atoms with Crippen molar-refractivity contribution in [1.29, 1.82) is 0 Å². The van der Waals surface area contributed by atoms with Crippen molar-refractivity contribution in [3.63, 3.8) is 0 Å². The van der Waals surface area contributed by atoms with E-state index in [4.69, 9.17) is 25.9 Å². The SMILES string of the molecule is Cc1oc(CN(C)C(=O)COc2cccc(Cl)c2C)cc1C(=O)O. The van der Waals surface area contributed by atoms with E-state index >= 15 is 0 Å². The highest BCUT2D eigenvalue weighted by Gasteiger charge is 2.17. The second-order valence-corrected chi connectivity index (χ2v) is 5.80. The van der Waals surface area contributed by atoms with Gasteiger partial charge < -0.3 is 19.2 Å². The number of hydrogen-bond donors (Lipinski definition) is 1. The summed E-state index contributed by atoms with van der Waals surface area (Å²) in [6, 6.07) is 6.65. The van der Waals surface area contributed by atoms with Crippen molar-refractivity contribution in [2.45, 2.75) is 20.4 Å². The molecular weight excluding hydrogens is 334 g/mol. The Morgan fingerprint density at radius 2 is 2.04 bits per heavy atom. The molecule has 6 nitrogen and oxygen atoms in total. The van der Waals surface area contributed by atoms with Crippen LogP contribution in [0.2, 0.25) is 5.02 Å². The molecule has 0 fully saturated rings. The lowest BCUT2D eigenvalue weighted by Crippen LogP contribution is -2.30. The third-order valence-corrected chi connectivity index (χ3v) is 4.00. The zero-order chi connectivity index (χ0) is 17.9. The average Bonchev–Trinajstić information content (AvgIpc) is 2.89. The summed E-state index contributed by atoms with van der Waals surface area (Å²) < 4.78 is 10.9. The van der Waals surface area contributed by atoms with Crippen LogP contribution in [-0.4, -0.2) is 35.5 Å². The molecule has 7 heteroatoms. The first-order valence-corrected chi connectivity index (χ1v) is 7.62. The van der Waals surface area contributed by atoms with E-state index in [9.17, 15) is 9.59 Å². The van der Waals surface area contributed by atoms with Gasteiger partial charge in [-0.15, -0.1) is 0 Å². The Morgan fingerprint density at radius 3 is 2.67 bits per heavy atom. The van der Waals surface area contributed by atoms with E-state index in [0.29, 0.717) is 22.3 Å². The predicted octanol–water partition coefficient (Wildman–Crippen LogP) is 3.29. The van der Waals surface area contributed by atoms with E-state index < -0.39 is 5.97 Å². The molecule has 0 radical (unpaired) electrons. The van der Waals surface area contributed by atoms with Crippen LogP contribution in [0.3, 0.4) is 0 Å². The van der Waals surface area contributed by atoms with Crippen molar-refractivity contribution in [2.24, 2.45) is 0 Å². The number of rotatable bonds is 6. The van der Waals surface area contributed by atoms with E-state index in [0.717, 1.165) is 5.56 Å². The van der Waals surface area contributed by atoms with Gasteiger partial charge in [-0.2, -0.15) is 0 Å². The van der Waals surface area contributed by atoms with Gasteiger partial charge in [0.2, 0.25) is 0 Å². The lowest BCUT2D eigenvalue weighted by Gasteiger charge is -2.17. The number of benzene rings is 1. The number of carbonyl (C=O) groups is 2. The molecule has 24 heavy (non-hydrogen) atoms. The quantitative estimate of drug-likeness (QED) is 0.863. The minimum atomic E-state index is -1.06. The third-order valence-electron chi connectivity index (χ3n) is 3.59. The van der Waals surface area contributed by atoms with Crippen molar-refractivity contribution < 1.29 is 23.8 Å². The molecule has 0 saturated carbocycles. The van der Waals surface area contributed by atoms with Gasteiger partial charge in [-0.25, -0.2) is 4.79 Å². The summed E-state index contributed by atoms with van der Waals surface area (Å²) in [6.07, 6.45) is 0. The van der Waals surface area contributed by atoms with E-state index in [-0.39, 0.29) is 24.6 Å². The Bertz CT molecular complexity index is 768. The molecule has 0 spiro atoms. The lowest BCUT2D eigenvalue weighted by molar-refractivity contribution is -0.132. The molecule has 2 rings (SSSR count). The average molecular weight is 352 g/mol. The van der Waals surface area contributed by atoms with Gasteiger partial charge >= 0.3 is 5.97 Å². The van der Waals surface area contributed by atoms with Crippen molar-refractivity contribution in [3.8, 4) is 5.75 Å². The number of aryl methyl sites for hydroxylation is 1. The number of furan rings is 1. The van der Waals surface area contributed by atoms with Crippen LogP contribution < -0.4 is 4.74 Å². The molecule has 1 aromatic carbocycles. The Balaban J connectivity index is 1.96. The van der Waals surface area contributed by atoms with Gasteiger partial charge in [0.1, 0.15) is 22.8 Å². The minimum absolute atomic E-state index is 0.0941. The van der Waals surface area contributed by atoms with Gasteiger partial charge in [0.05, 0.1) is 6.54 Å². The van der Waals surface area contributed by atoms with Crippen LogP contribution in [0.1, 0.15) is 27.4 Å². The molecule has 0 atom stereocenters. The van der Waals surface area contributed by atoms with E-state index in [2.05, 4.69) is 0 Å². The van der Waals surface area contributed by atoms with Crippen molar-refractivity contribution in [2.75, 3.05) is 13.7 Å². The van der Waals surface area contributed by atoms with Crippen LogP contribution in [0.15, 0.2) is 28.7 Å². The van der Waals surface area contributed by atoms with Crippen molar-refractivity contribution in [1.82, 2.24) is 4.90 Å². The fourth-order valence-electron chi connectivity index (χ4n) is 2.15.